The van der Waals surface area contributed by atoms with Gasteiger partial charge >= 0.3 is 0 Å². The highest BCUT2D eigenvalue weighted by molar-refractivity contribution is 5.94. The van der Waals surface area contributed by atoms with Gasteiger partial charge in [0, 0.05) is 30.8 Å². The fraction of sp³-hybridized carbons (Fsp3) is 0.600. The molecule has 1 saturated heterocycles. The zero-order chi connectivity index (χ0) is 19.1. The number of likely N-dealkylation sites (tertiary alicyclic amines) is 1. The van der Waals surface area contributed by atoms with Gasteiger partial charge in [0.1, 0.15) is 5.75 Å². The summed E-state index contributed by atoms with van der Waals surface area (Å²) >= 11 is 0. The van der Waals surface area contributed by atoms with E-state index in [4.69, 9.17) is 9.47 Å². The van der Waals surface area contributed by atoms with Gasteiger partial charge in [-0.1, -0.05) is 0 Å². The number of piperidine rings is 1. The van der Waals surface area contributed by atoms with E-state index in [2.05, 4.69) is 19.2 Å². The maximum atomic E-state index is 12.5. The lowest BCUT2D eigenvalue weighted by atomic mass is 9.97. The number of nitrogens with one attached hydrogen (secondary N) is 1. The molecule has 2 rings (SSSR count). The zero-order valence-electron chi connectivity index (χ0n) is 16.2. The minimum Gasteiger partial charge on any atom is -0.484 e. The monoisotopic (exact) mass is 362 g/mol. The Kier molecular flexibility index (Phi) is 7.45. The van der Waals surface area contributed by atoms with Crippen LogP contribution >= 0.6 is 0 Å². The molecular formula is C20H30N2O4. The second kappa shape index (κ2) is 9.57. The van der Waals surface area contributed by atoms with Gasteiger partial charge in [0.05, 0.1) is 6.61 Å². The summed E-state index contributed by atoms with van der Waals surface area (Å²) in [5, 5.41) is 2.85. The molecule has 3 atom stereocenters. The van der Waals surface area contributed by atoms with E-state index in [0.29, 0.717) is 17.9 Å². The van der Waals surface area contributed by atoms with Crippen LogP contribution in [0.25, 0.3) is 0 Å². The maximum Gasteiger partial charge on any atom is 0.260 e. The normalized spacial score (nSPS) is 21.2. The molecule has 0 aromatic heterocycles. The summed E-state index contributed by atoms with van der Waals surface area (Å²) in [6, 6.07) is 7.28. The summed E-state index contributed by atoms with van der Waals surface area (Å²) < 4.78 is 10.6. The van der Waals surface area contributed by atoms with Gasteiger partial charge in [0.25, 0.3) is 11.8 Å². The third-order valence-electron chi connectivity index (χ3n) is 4.75. The van der Waals surface area contributed by atoms with Gasteiger partial charge < -0.3 is 19.7 Å². The number of hydrogen-bond acceptors (Lipinski definition) is 4. The highest BCUT2D eigenvalue weighted by Gasteiger charge is 2.28. The Hall–Kier alpha value is -2.08. The number of hydrogen-bond donors (Lipinski definition) is 1. The summed E-state index contributed by atoms with van der Waals surface area (Å²) in [7, 11) is 1.60. The van der Waals surface area contributed by atoms with Crippen molar-refractivity contribution in [3.63, 3.8) is 0 Å². The average Bonchev–Trinajstić information content (AvgIpc) is 2.60. The van der Waals surface area contributed by atoms with Crippen LogP contribution in [0.15, 0.2) is 24.3 Å². The van der Waals surface area contributed by atoms with Crippen molar-refractivity contribution in [1.82, 2.24) is 10.2 Å². The van der Waals surface area contributed by atoms with E-state index >= 15 is 0 Å². The minimum atomic E-state index is -0.159. The molecule has 1 N–H and O–H groups in total. The standard InChI is InChI=1S/C20H30N2O4/c1-14(12-25-4)21-20(24)17-8-10-18(11-9-17)26-13-19(23)22-15(2)6-5-7-16(22)3/h8-11,14-16H,5-7,12-13H2,1-4H3,(H,21,24). The average molecular weight is 362 g/mol. The van der Waals surface area contributed by atoms with Gasteiger partial charge in [0.2, 0.25) is 0 Å². The lowest BCUT2D eigenvalue weighted by Gasteiger charge is -2.38. The van der Waals surface area contributed by atoms with Crippen LogP contribution in [-0.4, -0.2) is 55.2 Å². The molecule has 1 aliphatic rings. The summed E-state index contributed by atoms with van der Waals surface area (Å²) in [4.78, 5) is 26.5. The largest absolute Gasteiger partial charge is 0.484 e. The molecule has 6 heteroatoms. The van der Waals surface area contributed by atoms with Gasteiger partial charge in [0.15, 0.2) is 6.61 Å². The number of amides is 2. The lowest BCUT2D eigenvalue weighted by molar-refractivity contribution is -0.139. The van der Waals surface area contributed by atoms with E-state index < -0.39 is 0 Å². The van der Waals surface area contributed by atoms with Crippen LogP contribution in [0.4, 0.5) is 0 Å². The Morgan fingerprint density at radius 1 is 1.19 bits per heavy atom. The van der Waals surface area contributed by atoms with E-state index in [1.807, 2.05) is 11.8 Å². The molecular weight excluding hydrogens is 332 g/mol. The van der Waals surface area contributed by atoms with Crippen molar-refractivity contribution in [3.05, 3.63) is 29.8 Å². The van der Waals surface area contributed by atoms with E-state index in [0.717, 1.165) is 12.8 Å². The topological polar surface area (TPSA) is 67.9 Å². The Balaban J connectivity index is 1.87. The van der Waals surface area contributed by atoms with Crippen molar-refractivity contribution < 1.29 is 19.1 Å². The van der Waals surface area contributed by atoms with Crippen molar-refractivity contribution >= 4 is 11.8 Å². The quantitative estimate of drug-likeness (QED) is 0.810. The molecule has 1 heterocycles. The van der Waals surface area contributed by atoms with Gasteiger partial charge in [-0.3, -0.25) is 9.59 Å². The third kappa shape index (κ3) is 5.46. The first-order chi connectivity index (χ1) is 12.4. The lowest BCUT2D eigenvalue weighted by Crippen LogP contribution is -2.49. The summed E-state index contributed by atoms with van der Waals surface area (Å²) in [5.74, 6) is 0.435. The molecule has 6 nitrogen and oxygen atoms in total. The molecule has 1 aliphatic heterocycles. The molecule has 0 saturated carbocycles. The van der Waals surface area contributed by atoms with Gasteiger partial charge in [-0.15, -0.1) is 0 Å². The second-order valence-corrected chi connectivity index (χ2v) is 7.07. The molecule has 0 radical (unpaired) electrons. The molecule has 2 amide bonds. The fourth-order valence-corrected chi connectivity index (χ4v) is 3.43. The SMILES string of the molecule is COCC(C)NC(=O)c1ccc(OCC(=O)N2C(C)CCCC2C)cc1. The van der Waals surface area contributed by atoms with Crippen molar-refractivity contribution in [2.75, 3.05) is 20.3 Å². The van der Waals surface area contributed by atoms with E-state index in [1.54, 1.807) is 31.4 Å². The highest BCUT2D eigenvalue weighted by atomic mass is 16.5. The third-order valence-corrected chi connectivity index (χ3v) is 4.75. The Morgan fingerprint density at radius 2 is 1.81 bits per heavy atom. The van der Waals surface area contributed by atoms with Crippen LogP contribution in [0.5, 0.6) is 5.75 Å². The van der Waals surface area contributed by atoms with E-state index in [9.17, 15) is 9.59 Å². The van der Waals surface area contributed by atoms with E-state index in [-0.39, 0.29) is 36.5 Å². The smallest absolute Gasteiger partial charge is 0.260 e. The molecule has 3 unspecified atom stereocenters. The molecule has 26 heavy (non-hydrogen) atoms. The van der Waals surface area contributed by atoms with Gasteiger partial charge in [-0.05, 0) is 64.3 Å². The predicted octanol–water partition coefficient (Wildman–Crippen LogP) is 2.62. The first-order valence-corrected chi connectivity index (χ1v) is 9.26. The van der Waals surface area contributed by atoms with Crippen LogP contribution in [0.3, 0.4) is 0 Å². The first kappa shape index (κ1) is 20.2. The molecule has 1 aromatic carbocycles. The first-order valence-electron chi connectivity index (χ1n) is 9.26. The van der Waals surface area contributed by atoms with Crippen molar-refractivity contribution in [1.29, 1.82) is 0 Å². The number of benzene rings is 1. The molecule has 1 aromatic rings. The number of rotatable bonds is 7. The summed E-state index contributed by atoms with van der Waals surface area (Å²) in [6.07, 6.45) is 3.25. The molecule has 0 spiro atoms. The Morgan fingerprint density at radius 3 is 2.38 bits per heavy atom. The fourth-order valence-electron chi connectivity index (χ4n) is 3.43. The van der Waals surface area contributed by atoms with Gasteiger partial charge in [-0.2, -0.15) is 0 Å². The number of ether oxygens (including phenoxy) is 2. The molecule has 0 bridgehead atoms. The number of methoxy groups -OCH3 is 1. The highest BCUT2D eigenvalue weighted by Crippen LogP contribution is 2.23. The second-order valence-electron chi connectivity index (χ2n) is 7.07. The Bertz CT molecular complexity index is 592. The van der Waals surface area contributed by atoms with Crippen LogP contribution in [0.2, 0.25) is 0 Å². The minimum absolute atomic E-state index is 0.0138. The number of carbonyl (C=O) groups is 2. The number of nitrogens with zero attached hydrogens (tertiary/aromatic N) is 1. The molecule has 0 aliphatic carbocycles. The predicted molar refractivity (Wildman–Crippen MR) is 100 cm³/mol. The van der Waals surface area contributed by atoms with Crippen LogP contribution in [0, 0.1) is 0 Å². The summed E-state index contributed by atoms with van der Waals surface area (Å²) in [6.45, 7) is 6.54. The van der Waals surface area contributed by atoms with Gasteiger partial charge in [-0.25, -0.2) is 0 Å². The van der Waals surface area contributed by atoms with Crippen molar-refractivity contribution in [2.24, 2.45) is 0 Å². The summed E-state index contributed by atoms with van der Waals surface area (Å²) in [5.41, 5.74) is 0.546. The van der Waals surface area contributed by atoms with Crippen LogP contribution < -0.4 is 10.1 Å². The van der Waals surface area contributed by atoms with Crippen molar-refractivity contribution in [2.45, 2.75) is 58.2 Å². The van der Waals surface area contributed by atoms with E-state index in [1.165, 1.54) is 6.42 Å². The number of carbonyl (C=O) groups excluding carboxylic acids is 2. The maximum absolute atomic E-state index is 12.5. The van der Waals surface area contributed by atoms with Crippen LogP contribution in [0.1, 0.15) is 50.4 Å². The van der Waals surface area contributed by atoms with Crippen LogP contribution in [-0.2, 0) is 9.53 Å². The molecule has 1 fully saturated rings. The Labute approximate surface area is 155 Å². The molecule has 144 valence electrons. The zero-order valence-corrected chi connectivity index (χ0v) is 16.2. The van der Waals surface area contributed by atoms with Crippen molar-refractivity contribution in [3.8, 4) is 5.75 Å².